The second-order valence-corrected chi connectivity index (χ2v) is 6.32. The van der Waals surface area contributed by atoms with Gasteiger partial charge in [-0.3, -0.25) is 0 Å². The number of sulfonamides is 1. The van der Waals surface area contributed by atoms with Crippen LogP contribution in [0.15, 0.2) is 27.6 Å². The number of rotatable bonds is 4. The van der Waals surface area contributed by atoms with E-state index in [1.807, 2.05) is 0 Å². The number of nitrogens with zero attached hydrogens (tertiary/aromatic N) is 2. The van der Waals surface area contributed by atoms with Crippen LogP contribution in [-0.2, 0) is 10.0 Å². The Bertz CT molecular complexity index is 703. The van der Waals surface area contributed by atoms with Crippen molar-refractivity contribution in [2.75, 3.05) is 11.8 Å². The maximum atomic E-state index is 12.1. The molecule has 0 unspecified atom stereocenters. The fraction of sp³-hybridized carbons (Fsp3) is 0.111. The van der Waals surface area contributed by atoms with Gasteiger partial charge in [0.2, 0.25) is 5.95 Å². The van der Waals surface area contributed by atoms with E-state index in [1.165, 1.54) is 19.2 Å². The van der Waals surface area contributed by atoms with Gasteiger partial charge < -0.3 is 4.74 Å². The first-order valence-corrected chi connectivity index (χ1v) is 7.52. The first-order chi connectivity index (χ1) is 8.92. The van der Waals surface area contributed by atoms with E-state index in [1.54, 1.807) is 6.07 Å². The number of hydrogen-bond acceptors (Lipinski definition) is 5. The minimum absolute atomic E-state index is 0.0274. The Balaban J connectivity index is 2.32. The number of ether oxygens (including phenoxy) is 1. The summed E-state index contributed by atoms with van der Waals surface area (Å²) in [6, 6.07) is 4.46. The van der Waals surface area contributed by atoms with Crippen LogP contribution in [0.1, 0.15) is 0 Å². The summed E-state index contributed by atoms with van der Waals surface area (Å²) in [4.78, 5) is 3.69. The lowest BCUT2D eigenvalue weighted by Crippen LogP contribution is -2.14. The number of anilines is 1. The minimum atomic E-state index is -3.85. The molecule has 0 aliphatic carbocycles. The molecule has 1 aromatic heterocycles. The Hall–Kier alpha value is -1.32. The summed E-state index contributed by atoms with van der Waals surface area (Å²) in [7, 11) is -2.48. The van der Waals surface area contributed by atoms with Crippen molar-refractivity contribution in [3.63, 3.8) is 0 Å². The van der Waals surface area contributed by atoms with Crippen molar-refractivity contribution < 1.29 is 13.2 Å². The number of methoxy groups -OCH3 is 1. The molecule has 0 amide bonds. The fourth-order valence-electron chi connectivity index (χ4n) is 1.26. The second kappa shape index (κ2) is 5.35. The molecule has 0 bridgehead atoms. The first-order valence-electron chi connectivity index (χ1n) is 4.86. The van der Waals surface area contributed by atoms with Gasteiger partial charge in [0.1, 0.15) is 4.90 Å². The third-order valence-corrected chi connectivity index (χ3v) is 4.38. The van der Waals surface area contributed by atoms with Crippen molar-refractivity contribution in [3.05, 3.63) is 27.7 Å². The molecule has 2 N–H and O–H groups in total. The van der Waals surface area contributed by atoms with Crippen molar-refractivity contribution in [2.24, 2.45) is 0 Å². The van der Waals surface area contributed by atoms with Crippen molar-refractivity contribution >= 4 is 43.5 Å². The summed E-state index contributed by atoms with van der Waals surface area (Å²) in [6.07, 6.45) is 0. The zero-order valence-electron chi connectivity index (χ0n) is 9.52. The highest BCUT2D eigenvalue weighted by Gasteiger charge is 2.20. The second-order valence-electron chi connectivity index (χ2n) is 3.35. The SMILES string of the molecule is COc1n[nH]c(NS(=O)(=O)c2ccc(Br)cc2Cl)n1. The summed E-state index contributed by atoms with van der Waals surface area (Å²) in [5.41, 5.74) is 0. The normalized spacial score (nSPS) is 11.3. The average molecular weight is 368 g/mol. The van der Waals surface area contributed by atoms with Gasteiger partial charge in [-0.25, -0.2) is 18.2 Å². The fourth-order valence-corrected chi connectivity index (χ4v) is 3.26. The third kappa shape index (κ3) is 3.17. The molecule has 19 heavy (non-hydrogen) atoms. The van der Waals surface area contributed by atoms with Crippen molar-refractivity contribution in [1.82, 2.24) is 15.2 Å². The summed E-state index contributed by atoms with van der Waals surface area (Å²) in [5.74, 6) is -0.0594. The number of halogens is 2. The highest BCUT2D eigenvalue weighted by molar-refractivity contribution is 9.10. The highest BCUT2D eigenvalue weighted by Crippen LogP contribution is 2.26. The van der Waals surface area contributed by atoms with Crippen LogP contribution in [0.5, 0.6) is 6.01 Å². The Morgan fingerprint density at radius 2 is 2.21 bits per heavy atom. The van der Waals surface area contributed by atoms with Gasteiger partial charge >= 0.3 is 6.01 Å². The van der Waals surface area contributed by atoms with E-state index >= 15 is 0 Å². The largest absolute Gasteiger partial charge is 0.466 e. The van der Waals surface area contributed by atoms with E-state index < -0.39 is 10.0 Å². The molecule has 0 atom stereocenters. The van der Waals surface area contributed by atoms with Gasteiger partial charge in [0, 0.05) is 4.47 Å². The van der Waals surface area contributed by atoms with Crippen LogP contribution in [0.3, 0.4) is 0 Å². The summed E-state index contributed by atoms with van der Waals surface area (Å²) >= 11 is 9.09. The number of H-pyrrole nitrogens is 1. The van der Waals surface area contributed by atoms with Gasteiger partial charge in [-0.1, -0.05) is 27.5 Å². The number of hydrogen-bond donors (Lipinski definition) is 2. The predicted molar refractivity (Wildman–Crippen MR) is 72.9 cm³/mol. The molecule has 0 spiro atoms. The summed E-state index contributed by atoms with van der Waals surface area (Å²) in [5, 5.41) is 6.10. The molecule has 102 valence electrons. The molecule has 1 aromatic carbocycles. The standard InChI is InChI=1S/C9H8BrClN4O3S/c1-18-9-12-8(13-14-9)15-19(16,17)7-3-2-5(10)4-6(7)11/h2-4H,1H3,(H2,12,13,14,15). The molecule has 1 heterocycles. The number of aromatic amines is 1. The lowest BCUT2D eigenvalue weighted by Gasteiger charge is -2.06. The van der Waals surface area contributed by atoms with Crippen LogP contribution in [-0.4, -0.2) is 30.7 Å². The molecule has 0 radical (unpaired) electrons. The molecule has 0 saturated carbocycles. The van der Waals surface area contributed by atoms with Gasteiger partial charge in [-0.2, -0.15) is 4.98 Å². The molecular formula is C9H8BrClN4O3S. The summed E-state index contributed by atoms with van der Waals surface area (Å²) in [6.45, 7) is 0. The van der Waals surface area contributed by atoms with E-state index in [9.17, 15) is 8.42 Å². The number of benzene rings is 1. The van der Waals surface area contributed by atoms with Gasteiger partial charge in [0.05, 0.1) is 12.1 Å². The zero-order valence-corrected chi connectivity index (χ0v) is 12.7. The topological polar surface area (TPSA) is 97.0 Å². The zero-order chi connectivity index (χ0) is 14.0. The predicted octanol–water partition coefficient (Wildman–Crippen LogP) is 2.03. The van der Waals surface area contributed by atoms with E-state index in [4.69, 9.17) is 16.3 Å². The van der Waals surface area contributed by atoms with Crippen LogP contribution in [0.4, 0.5) is 5.95 Å². The van der Waals surface area contributed by atoms with Gasteiger partial charge in [-0.05, 0) is 18.2 Å². The Kier molecular flexibility index (Phi) is 3.97. The van der Waals surface area contributed by atoms with E-state index in [2.05, 4.69) is 35.8 Å². The first kappa shape index (κ1) is 14.1. The third-order valence-electron chi connectivity index (χ3n) is 2.06. The Morgan fingerprint density at radius 3 is 2.79 bits per heavy atom. The minimum Gasteiger partial charge on any atom is -0.466 e. The lowest BCUT2D eigenvalue weighted by molar-refractivity contribution is 0.382. The highest BCUT2D eigenvalue weighted by atomic mass is 79.9. The molecular weight excluding hydrogens is 360 g/mol. The van der Waals surface area contributed by atoms with Crippen LogP contribution in [0, 0.1) is 0 Å². The maximum Gasteiger partial charge on any atom is 0.336 e. The Labute approximate surface area is 122 Å². The van der Waals surface area contributed by atoms with Crippen LogP contribution in [0.25, 0.3) is 0 Å². The molecule has 2 aromatic rings. The quantitative estimate of drug-likeness (QED) is 0.862. The molecule has 0 aliphatic rings. The van der Waals surface area contributed by atoms with E-state index in [-0.39, 0.29) is 21.9 Å². The lowest BCUT2D eigenvalue weighted by atomic mass is 10.4. The monoisotopic (exact) mass is 366 g/mol. The van der Waals surface area contributed by atoms with Crippen LogP contribution < -0.4 is 9.46 Å². The average Bonchev–Trinajstić information content (AvgIpc) is 2.75. The number of nitrogens with one attached hydrogen (secondary N) is 2. The molecule has 10 heteroatoms. The molecule has 2 rings (SSSR count). The molecule has 7 nitrogen and oxygen atoms in total. The smallest absolute Gasteiger partial charge is 0.336 e. The van der Waals surface area contributed by atoms with E-state index in [0.717, 1.165) is 0 Å². The summed E-state index contributed by atoms with van der Waals surface area (Å²) < 4.78 is 31.8. The van der Waals surface area contributed by atoms with Crippen molar-refractivity contribution in [1.29, 1.82) is 0 Å². The Morgan fingerprint density at radius 1 is 1.47 bits per heavy atom. The van der Waals surface area contributed by atoms with Gasteiger partial charge in [-0.15, -0.1) is 5.10 Å². The van der Waals surface area contributed by atoms with Crippen LogP contribution in [0.2, 0.25) is 5.02 Å². The molecule has 0 saturated heterocycles. The molecule has 0 aliphatic heterocycles. The van der Waals surface area contributed by atoms with Gasteiger partial charge in [0.25, 0.3) is 10.0 Å². The maximum absolute atomic E-state index is 12.1. The molecule has 0 fully saturated rings. The number of aromatic nitrogens is 3. The van der Waals surface area contributed by atoms with E-state index in [0.29, 0.717) is 4.47 Å². The van der Waals surface area contributed by atoms with Gasteiger partial charge in [0.15, 0.2) is 0 Å². The van der Waals surface area contributed by atoms with Crippen molar-refractivity contribution in [2.45, 2.75) is 4.90 Å². The van der Waals surface area contributed by atoms with Crippen molar-refractivity contribution in [3.8, 4) is 6.01 Å². The van der Waals surface area contributed by atoms with Crippen LogP contribution >= 0.6 is 27.5 Å².